The van der Waals surface area contributed by atoms with Crippen LogP contribution in [0.5, 0.6) is 0 Å². The average Bonchev–Trinajstić information content (AvgIpc) is 3.15. The van der Waals surface area contributed by atoms with E-state index in [9.17, 15) is 4.79 Å². The monoisotopic (exact) mass is 272 g/mol. The number of piperidine rings is 1. The molecule has 1 aromatic rings. The molecule has 3 heteroatoms. The predicted octanol–water partition coefficient (Wildman–Crippen LogP) is 2.04. The van der Waals surface area contributed by atoms with Crippen LogP contribution in [0.15, 0.2) is 24.3 Å². The van der Waals surface area contributed by atoms with Gasteiger partial charge in [0.05, 0.1) is 0 Å². The van der Waals surface area contributed by atoms with Gasteiger partial charge in [-0.2, -0.15) is 0 Å². The summed E-state index contributed by atoms with van der Waals surface area (Å²) < 4.78 is 0. The summed E-state index contributed by atoms with van der Waals surface area (Å²) in [6.45, 7) is 5.00. The van der Waals surface area contributed by atoms with E-state index >= 15 is 0 Å². The number of hydrogen-bond donors (Lipinski definition) is 2. The maximum Gasteiger partial charge on any atom is 0.223 e. The Labute approximate surface area is 121 Å². The summed E-state index contributed by atoms with van der Waals surface area (Å²) in [4.78, 5) is 12.2. The molecule has 1 unspecified atom stereocenters. The van der Waals surface area contributed by atoms with Gasteiger partial charge in [0.2, 0.25) is 5.91 Å². The number of carbonyl (C=O) groups is 1. The molecule has 1 spiro atoms. The first kappa shape index (κ1) is 13.6. The van der Waals surface area contributed by atoms with Crippen molar-refractivity contribution in [2.75, 3.05) is 19.6 Å². The summed E-state index contributed by atoms with van der Waals surface area (Å²) in [5, 5.41) is 6.50. The van der Waals surface area contributed by atoms with Gasteiger partial charge in [-0.05, 0) is 56.7 Å². The molecule has 0 aromatic heterocycles. The minimum atomic E-state index is 0.277. The Hall–Kier alpha value is -1.35. The van der Waals surface area contributed by atoms with E-state index in [2.05, 4.69) is 41.8 Å². The zero-order chi connectivity index (χ0) is 14.0. The van der Waals surface area contributed by atoms with Crippen LogP contribution in [0, 0.1) is 18.3 Å². The van der Waals surface area contributed by atoms with Crippen LogP contribution in [0.3, 0.4) is 0 Å². The fourth-order valence-corrected chi connectivity index (χ4v) is 3.40. The molecular formula is C17H24N2O. The standard InChI is InChI=1S/C17H24N2O/c1-13-2-4-14(5-3-13)6-9-19-16(20)15-12-17(15)7-10-18-11-8-17/h2-5,15,18H,6-12H2,1H3,(H,19,20). The van der Waals surface area contributed by atoms with E-state index in [0.717, 1.165) is 32.5 Å². The lowest BCUT2D eigenvalue weighted by Gasteiger charge is -2.23. The van der Waals surface area contributed by atoms with Gasteiger partial charge in [0.1, 0.15) is 0 Å². The maximum atomic E-state index is 12.2. The first-order valence-corrected chi connectivity index (χ1v) is 7.74. The Morgan fingerprint density at radius 2 is 2.00 bits per heavy atom. The fourth-order valence-electron chi connectivity index (χ4n) is 3.40. The van der Waals surface area contributed by atoms with Crippen molar-refractivity contribution in [3.63, 3.8) is 0 Å². The minimum Gasteiger partial charge on any atom is -0.356 e. The lowest BCUT2D eigenvalue weighted by Crippen LogP contribution is -2.34. The molecule has 1 aliphatic heterocycles. The molecule has 1 aromatic carbocycles. The van der Waals surface area contributed by atoms with Gasteiger partial charge >= 0.3 is 0 Å². The summed E-state index contributed by atoms with van der Waals surface area (Å²) in [6.07, 6.45) is 4.37. The lowest BCUT2D eigenvalue weighted by atomic mass is 9.92. The van der Waals surface area contributed by atoms with E-state index in [0.29, 0.717) is 5.41 Å². The quantitative estimate of drug-likeness (QED) is 0.880. The highest BCUT2D eigenvalue weighted by molar-refractivity contribution is 5.82. The van der Waals surface area contributed by atoms with Gasteiger partial charge in [0.25, 0.3) is 0 Å². The summed E-state index contributed by atoms with van der Waals surface area (Å²) in [5.74, 6) is 0.557. The molecule has 1 saturated carbocycles. The fraction of sp³-hybridized carbons (Fsp3) is 0.588. The van der Waals surface area contributed by atoms with E-state index in [1.54, 1.807) is 0 Å². The number of nitrogens with one attached hydrogen (secondary N) is 2. The highest BCUT2D eigenvalue weighted by atomic mass is 16.2. The molecule has 108 valence electrons. The van der Waals surface area contributed by atoms with Crippen LogP contribution >= 0.6 is 0 Å². The Bertz CT molecular complexity index is 474. The molecule has 1 amide bonds. The zero-order valence-electron chi connectivity index (χ0n) is 12.2. The first-order chi connectivity index (χ1) is 9.70. The number of amides is 1. The molecule has 1 heterocycles. The van der Waals surface area contributed by atoms with Crippen molar-refractivity contribution in [3.05, 3.63) is 35.4 Å². The van der Waals surface area contributed by atoms with Crippen LogP contribution in [0.4, 0.5) is 0 Å². The molecule has 3 nitrogen and oxygen atoms in total. The van der Waals surface area contributed by atoms with Crippen LogP contribution in [0.1, 0.15) is 30.4 Å². The average molecular weight is 272 g/mol. The van der Waals surface area contributed by atoms with Gasteiger partial charge in [0.15, 0.2) is 0 Å². The van der Waals surface area contributed by atoms with Gasteiger partial charge in [-0.1, -0.05) is 29.8 Å². The van der Waals surface area contributed by atoms with Crippen molar-refractivity contribution in [1.82, 2.24) is 10.6 Å². The molecule has 1 saturated heterocycles. The molecule has 0 bridgehead atoms. The third kappa shape index (κ3) is 2.88. The van der Waals surface area contributed by atoms with Crippen LogP contribution in [-0.4, -0.2) is 25.5 Å². The van der Waals surface area contributed by atoms with Crippen LogP contribution in [-0.2, 0) is 11.2 Å². The number of benzene rings is 1. The van der Waals surface area contributed by atoms with Crippen molar-refractivity contribution in [2.24, 2.45) is 11.3 Å². The first-order valence-electron chi connectivity index (χ1n) is 7.74. The van der Waals surface area contributed by atoms with E-state index < -0.39 is 0 Å². The van der Waals surface area contributed by atoms with Crippen molar-refractivity contribution in [1.29, 1.82) is 0 Å². The SMILES string of the molecule is Cc1ccc(CCNC(=O)C2CC23CCNCC3)cc1. The second kappa shape index (κ2) is 5.57. The van der Waals surface area contributed by atoms with E-state index in [4.69, 9.17) is 0 Å². The molecule has 1 aliphatic carbocycles. The summed E-state index contributed by atoms with van der Waals surface area (Å²) in [5.41, 5.74) is 2.92. The van der Waals surface area contributed by atoms with E-state index in [1.807, 2.05) is 0 Å². The third-order valence-corrected chi connectivity index (χ3v) is 4.94. The normalized spacial score (nSPS) is 23.6. The molecule has 2 fully saturated rings. The molecule has 2 N–H and O–H groups in total. The Kier molecular flexibility index (Phi) is 3.79. The molecule has 20 heavy (non-hydrogen) atoms. The molecule has 1 atom stereocenters. The minimum absolute atomic E-state index is 0.277. The smallest absolute Gasteiger partial charge is 0.223 e. The highest BCUT2D eigenvalue weighted by Gasteiger charge is 2.57. The highest BCUT2D eigenvalue weighted by Crippen LogP contribution is 2.58. The van der Waals surface area contributed by atoms with Crippen LogP contribution in [0.25, 0.3) is 0 Å². The van der Waals surface area contributed by atoms with E-state index in [1.165, 1.54) is 24.0 Å². The molecule has 2 aliphatic rings. The molecular weight excluding hydrogens is 248 g/mol. The topological polar surface area (TPSA) is 41.1 Å². The predicted molar refractivity (Wildman–Crippen MR) is 80.5 cm³/mol. The number of aryl methyl sites for hydroxylation is 1. The van der Waals surface area contributed by atoms with Crippen molar-refractivity contribution >= 4 is 5.91 Å². The van der Waals surface area contributed by atoms with Gasteiger partial charge in [0, 0.05) is 12.5 Å². The van der Waals surface area contributed by atoms with Crippen LogP contribution in [0.2, 0.25) is 0 Å². The van der Waals surface area contributed by atoms with Gasteiger partial charge < -0.3 is 10.6 Å². The Morgan fingerprint density at radius 3 is 2.70 bits per heavy atom. The van der Waals surface area contributed by atoms with Crippen molar-refractivity contribution in [3.8, 4) is 0 Å². The van der Waals surface area contributed by atoms with Crippen molar-refractivity contribution in [2.45, 2.75) is 32.6 Å². The number of hydrogen-bond acceptors (Lipinski definition) is 2. The Morgan fingerprint density at radius 1 is 1.30 bits per heavy atom. The largest absolute Gasteiger partial charge is 0.356 e. The lowest BCUT2D eigenvalue weighted by molar-refractivity contribution is -0.123. The summed E-state index contributed by atoms with van der Waals surface area (Å²) >= 11 is 0. The van der Waals surface area contributed by atoms with Gasteiger partial charge in [-0.3, -0.25) is 4.79 Å². The molecule has 0 radical (unpaired) electrons. The van der Waals surface area contributed by atoms with Crippen LogP contribution < -0.4 is 10.6 Å². The Balaban J connectivity index is 1.43. The van der Waals surface area contributed by atoms with Crippen molar-refractivity contribution < 1.29 is 4.79 Å². The third-order valence-electron chi connectivity index (χ3n) is 4.94. The number of rotatable bonds is 4. The number of carbonyl (C=O) groups excluding carboxylic acids is 1. The summed E-state index contributed by atoms with van der Waals surface area (Å²) in [6, 6.07) is 8.55. The second-order valence-electron chi connectivity index (χ2n) is 6.40. The maximum absolute atomic E-state index is 12.2. The zero-order valence-corrected chi connectivity index (χ0v) is 12.2. The second-order valence-corrected chi connectivity index (χ2v) is 6.40. The van der Waals surface area contributed by atoms with E-state index in [-0.39, 0.29) is 11.8 Å². The molecule has 3 rings (SSSR count). The van der Waals surface area contributed by atoms with Gasteiger partial charge in [-0.15, -0.1) is 0 Å². The van der Waals surface area contributed by atoms with Gasteiger partial charge in [-0.25, -0.2) is 0 Å². The summed E-state index contributed by atoms with van der Waals surface area (Å²) in [7, 11) is 0.